The van der Waals surface area contributed by atoms with Gasteiger partial charge in [0.2, 0.25) is 0 Å². The molecule has 2 N–H and O–H groups in total. The van der Waals surface area contributed by atoms with Crippen LogP contribution in [0.25, 0.3) is 11.3 Å². The van der Waals surface area contributed by atoms with Gasteiger partial charge in [0.1, 0.15) is 17.3 Å². The van der Waals surface area contributed by atoms with Gasteiger partial charge in [-0.2, -0.15) is 5.10 Å². The zero-order valence-corrected chi connectivity index (χ0v) is 8.79. The lowest BCUT2D eigenvalue weighted by molar-refractivity contribution is 0.0690. The number of hydrogen-bond donors (Lipinski definition) is 2. The van der Waals surface area contributed by atoms with Gasteiger partial charge in [0.15, 0.2) is 0 Å². The van der Waals surface area contributed by atoms with E-state index in [1.54, 1.807) is 0 Å². The molecule has 0 atom stereocenters. The van der Waals surface area contributed by atoms with Crippen LogP contribution in [0.15, 0.2) is 18.2 Å². The van der Waals surface area contributed by atoms with Crippen LogP contribution < -0.4 is 0 Å². The summed E-state index contributed by atoms with van der Waals surface area (Å²) in [6.07, 6.45) is 0. The van der Waals surface area contributed by atoms with Crippen molar-refractivity contribution < 1.29 is 18.7 Å². The highest BCUT2D eigenvalue weighted by atomic mass is 19.1. The molecule has 0 saturated carbocycles. The van der Waals surface area contributed by atoms with Crippen LogP contribution in [-0.4, -0.2) is 21.3 Å². The summed E-state index contributed by atoms with van der Waals surface area (Å²) in [6.45, 7) is 1.49. The Kier molecular flexibility index (Phi) is 2.63. The molecule has 0 radical (unpaired) electrons. The van der Waals surface area contributed by atoms with Crippen molar-refractivity contribution in [2.24, 2.45) is 0 Å². The average Bonchev–Trinajstić information content (AvgIpc) is 2.73. The van der Waals surface area contributed by atoms with E-state index in [4.69, 9.17) is 5.11 Å². The zero-order valence-electron chi connectivity index (χ0n) is 8.79. The third-order valence-corrected chi connectivity index (χ3v) is 2.35. The molecule has 1 aromatic carbocycles. The van der Waals surface area contributed by atoms with Crippen LogP contribution in [0.5, 0.6) is 0 Å². The molecule has 2 aromatic rings. The summed E-state index contributed by atoms with van der Waals surface area (Å²) in [5.41, 5.74) is -0.351. The molecule has 17 heavy (non-hydrogen) atoms. The minimum absolute atomic E-state index is 0.0684. The number of benzene rings is 1. The first-order chi connectivity index (χ1) is 8.00. The van der Waals surface area contributed by atoms with Crippen LogP contribution in [0, 0.1) is 18.6 Å². The van der Waals surface area contributed by atoms with E-state index < -0.39 is 17.6 Å². The topological polar surface area (TPSA) is 66.0 Å². The molecular weight excluding hydrogens is 230 g/mol. The first kappa shape index (κ1) is 11.3. The van der Waals surface area contributed by atoms with Crippen molar-refractivity contribution in [2.45, 2.75) is 6.92 Å². The number of aromatic carboxylic acids is 1. The molecule has 0 spiro atoms. The van der Waals surface area contributed by atoms with Gasteiger partial charge in [0, 0.05) is 0 Å². The van der Waals surface area contributed by atoms with Crippen LogP contribution in [0.4, 0.5) is 8.78 Å². The predicted molar refractivity (Wildman–Crippen MR) is 55.6 cm³/mol. The molecule has 1 heterocycles. The van der Waals surface area contributed by atoms with Gasteiger partial charge in [-0.15, -0.1) is 0 Å². The SMILES string of the molecule is Cc1ccc(F)c(-c2cc(C(=O)O)[nH]n2)c1F. The first-order valence-corrected chi connectivity index (χ1v) is 4.74. The minimum atomic E-state index is -1.24. The number of nitrogens with one attached hydrogen (secondary N) is 1. The average molecular weight is 238 g/mol. The van der Waals surface area contributed by atoms with Gasteiger partial charge < -0.3 is 5.11 Å². The van der Waals surface area contributed by atoms with Crippen molar-refractivity contribution in [1.82, 2.24) is 10.2 Å². The van der Waals surface area contributed by atoms with E-state index in [1.807, 2.05) is 0 Å². The molecule has 0 bridgehead atoms. The maximum atomic E-state index is 13.7. The largest absolute Gasteiger partial charge is 0.477 e. The van der Waals surface area contributed by atoms with Gasteiger partial charge in [-0.25, -0.2) is 13.6 Å². The van der Waals surface area contributed by atoms with E-state index in [1.165, 1.54) is 13.0 Å². The van der Waals surface area contributed by atoms with Crippen molar-refractivity contribution in [3.05, 3.63) is 41.1 Å². The van der Waals surface area contributed by atoms with E-state index in [0.29, 0.717) is 0 Å². The Hall–Kier alpha value is -2.24. The standard InChI is InChI=1S/C11H8F2N2O2/c1-5-2-3-6(12)9(10(5)13)7-4-8(11(16)17)15-14-7/h2-4H,1H3,(H,14,15)(H,16,17). The molecule has 0 aliphatic carbocycles. The maximum absolute atomic E-state index is 13.7. The molecule has 0 amide bonds. The van der Waals surface area contributed by atoms with Crippen LogP contribution >= 0.6 is 0 Å². The summed E-state index contributed by atoms with van der Waals surface area (Å²) in [6, 6.07) is 3.51. The first-order valence-electron chi connectivity index (χ1n) is 4.74. The molecule has 1 aromatic heterocycles. The number of aromatic nitrogens is 2. The van der Waals surface area contributed by atoms with Crippen LogP contribution in [-0.2, 0) is 0 Å². The van der Waals surface area contributed by atoms with Crippen molar-refractivity contribution in [3.8, 4) is 11.3 Å². The number of halogens is 2. The smallest absolute Gasteiger partial charge is 0.353 e. The fraction of sp³-hybridized carbons (Fsp3) is 0.0909. The number of carboxylic acids is 1. The van der Waals surface area contributed by atoms with Gasteiger partial charge in [0.25, 0.3) is 0 Å². The molecule has 4 nitrogen and oxygen atoms in total. The molecule has 0 aliphatic heterocycles. The number of rotatable bonds is 2. The predicted octanol–water partition coefficient (Wildman–Crippen LogP) is 2.36. The van der Waals surface area contributed by atoms with E-state index >= 15 is 0 Å². The second-order valence-corrected chi connectivity index (χ2v) is 3.53. The third kappa shape index (κ3) is 1.89. The summed E-state index contributed by atoms with van der Waals surface area (Å²) in [4.78, 5) is 10.6. The second-order valence-electron chi connectivity index (χ2n) is 3.53. The van der Waals surface area contributed by atoms with Crippen molar-refractivity contribution in [1.29, 1.82) is 0 Å². The monoisotopic (exact) mass is 238 g/mol. The lowest BCUT2D eigenvalue weighted by atomic mass is 10.1. The van der Waals surface area contributed by atoms with Gasteiger partial charge in [-0.05, 0) is 24.6 Å². The number of carboxylic acid groups (broad SMARTS) is 1. The molecule has 6 heteroatoms. The molecule has 0 saturated heterocycles. The molecule has 88 valence electrons. The van der Waals surface area contributed by atoms with Crippen molar-refractivity contribution in [3.63, 3.8) is 0 Å². The van der Waals surface area contributed by atoms with Gasteiger partial charge >= 0.3 is 5.97 Å². The zero-order chi connectivity index (χ0) is 12.6. The normalized spacial score (nSPS) is 10.5. The number of H-pyrrole nitrogens is 1. The molecule has 2 rings (SSSR count). The number of aryl methyl sites for hydroxylation is 1. The summed E-state index contributed by atoms with van der Waals surface area (Å²) in [7, 11) is 0. The lowest BCUT2D eigenvalue weighted by Gasteiger charge is -2.03. The minimum Gasteiger partial charge on any atom is -0.477 e. The van der Waals surface area contributed by atoms with E-state index in [2.05, 4.69) is 10.2 Å². The Labute approximate surface area is 94.9 Å². The Bertz CT molecular complexity index is 593. The van der Waals surface area contributed by atoms with Gasteiger partial charge in [-0.3, -0.25) is 5.10 Å². The van der Waals surface area contributed by atoms with Crippen molar-refractivity contribution in [2.75, 3.05) is 0 Å². The van der Waals surface area contributed by atoms with E-state index in [0.717, 1.165) is 12.1 Å². The summed E-state index contributed by atoms with van der Waals surface area (Å²) in [5, 5.41) is 14.5. The second kappa shape index (κ2) is 3.97. The Balaban J connectivity index is 2.60. The Morgan fingerprint density at radius 1 is 1.41 bits per heavy atom. The number of carbonyl (C=O) groups is 1. The number of aromatic amines is 1. The highest BCUT2D eigenvalue weighted by Crippen LogP contribution is 2.26. The van der Waals surface area contributed by atoms with E-state index in [9.17, 15) is 13.6 Å². The lowest BCUT2D eigenvalue weighted by Crippen LogP contribution is -1.95. The molecule has 0 unspecified atom stereocenters. The molecule has 0 aliphatic rings. The summed E-state index contributed by atoms with van der Waals surface area (Å²) in [5.74, 6) is -2.76. The fourth-order valence-electron chi connectivity index (χ4n) is 1.45. The molecular formula is C11H8F2N2O2. The van der Waals surface area contributed by atoms with Crippen LogP contribution in [0.3, 0.4) is 0 Å². The van der Waals surface area contributed by atoms with Gasteiger partial charge in [0.05, 0.1) is 11.3 Å². The maximum Gasteiger partial charge on any atom is 0.353 e. The summed E-state index contributed by atoms with van der Waals surface area (Å²) < 4.78 is 27.2. The quantitative estimate of drug-likeness (QED) is 0.844. The number of nitrogens with zero attached hydrogens (tertiary/aromatic N) is 1. The Morgan fingerprint density at radius 3 is 2.71 bits per heavy atom. The van der Waals surface area contributed by atoms with E-state index in [-0.39, 0.29) is 22.5 Å². The van der Waals surface area contributed by atoms with Crippen LogP contribution in [0.1, 0.15) is 16.1 Å². The highest BCUT2D eigenvalue weighted by Gasteiger charge is 2.17. The molecule has 0 fully saturated rings. The Morgan fingerprint density at radius 2 is 2.12 bits per heavy atom. The van der Waals surface area contributed by atoms with Crippen molar-refractivity contribution >= 4 is 5.97 Å². The van der Waals surface area contributed by atoms with Crippen LogP contribution in [0.2, 0.25) is 0 Å². The van der Waals surface area contributed by atoms with Gasteiger partial charge in [-0.1, -0.05) is 6.07 Å². The highest BCUT2D eigenvalue weighted by molar-refractivity contribution is 5.86. The number of hydrogen-bond acceptors (Lipinski definition) is 2. The fourth-order valence-corrected chi connectivity index (χ4v) is 1.45. The summed E-state index contributed by atoms with van der Waals surface area (Å²) >= 11 is 0. The third-order valence-electron chi connectivity index (χ3n) is 2.35.